The van der Waals surface area contributed by atoms with Crippen LogP contribution in [0.3, 0.4) is 0 Å². The van der Waals surface area contributed by atoms with Crippen LogP contribution in [0.1, 0.15) is 52.9 Å². The van der Waals surface area contributed by atoms with E-state index in [1.807, 2.05) is 36.4 Å². The van der Waals surface area contributed by atoms with Crippen molar-refractivity contribution in [3.05, 3.63) is 107 Å². The Bertz CT molecular complexity index is 1210. The van der Waals surface area contributed by atoms with Gasteiger partial charge < -0.3 is 9.47 Å². The fourth-order valence-corrected chi connectivity index (χ4v) is 4.87. The molecule has 0 aliphatic heterocycles. The molecule has 0 aliphatic carbocycles. The summed E-state index contributed by atoms with van der Waals surface area (Å²) in [6.45, 7) is 12.7. The number of halogens is 2. The minimum Gasteiger partial charge on any atom is -0.488 e. The number of rotatable bonds is 13. The van der Waals surface area contributed by atoms with Gasteiger partial charge in [-0.2, -0.15) is 0 Å². The van der Waals surface area contributed by atoms with Gasteiger partial charge in [0.05, 0.1) is 0 Å². The molecule has 1 atom stereocenters. The van der Waals surface area contributed by atoms with Gasteiger partial charge in [-0.15, -0.1) is 18.2 Å². The van der Waals surface area contributed by atoms with Crippen molar-refractivity contribution in [1.82, 2.24) is 4.90 Å². The molecule has 0 bridgehead atoms. The van der Waals surface area contributed by atoms with E-state index >= 15 is 4.39 Å². The van der Waals surface area contributed by atoms with Crippen molar-refractivity contribution >= 4 is 17.6 Å². The summed E-state index contributed by atoms with van der Waals surface area (Å²) in [7, 11) is 0. The standard InChI is InChI=1S/C32H37ClFNO3/c1-6-17-35(26(19-33)18-22(2)3)20-28-23(4)31(37-21-25-13-9-7-10-14-25)29(24(5)30(28)34)32(36)38-27-15-11-8-12-16-27/h6-16,22,26H,1,17-21H2,2-5H3/t26-/m1/s1. The Balaban J connectivity index is 2.07. The molecule has 0 fully saturated rings. The fraction of sp³-hybridized carbons (Fsp3) is 0.344. The third-order valence-corrected chi connectivity index (χ3v) is 6.89. The molecular weight excluding hydrogens is 501 g/mol. The number of carbonyl (C=O) groups is 1. The quantitative estimate of drug-likeness (QED) is 0.0961. The highest BCUT2D eigenvalue weighted by Crippen LogP contribution is 2.35. The molecule has 3 aromatic rings. The third kappa shape index (κ3) is 7.46. The molecule has 3 rings (SSSR count). The van der Waals surface area contributed by atoms with Gasteiger partial charge in [0.15, 0.2) is 0 Å². The summed E-state index contributed by atoms with van der Waals surface area (Å²) >= 11 is 6.36. The molecule has 4 nitrogen and oxygen atoms in total. The first-order chi connectivity index (χ1) is 18.3. The zero-order valence-corrected chi connectivity index (χ0v) is 23.4. The molecule has 3 aromatic carbocycles. The molecule has 0 saturated carbocycles. The number of hydrogen-bond acceptors (Lipinski definition) is 4. The fourth-order valence-electron chi connectivity index (χ4n) is 4.55. The van der Waals surface area contributed by atoms with Crippen LogP contribution in [-0.4, -0.2) is 29.3 Å². The molecule has 38 heavy (non-hydrogen) atoms. The van der Waals surface area contributed by atoms with E-state index in [-0.39, 0.29) is 23.8 Å². The molecule has 0 aliphatic rings. The van der Waals surface area contributed by atoms with E-state index in [4.69, 9.17) is 21.1 Å². The zero-order chi connectivity index (χ0) is 27.7. The Kier molecular flexibility index (Phi) is 10.9. The van der Waals surface area contributed by atoms with Crippen LogP contribution in [0.15, 0.2) is 73.3 Å². The molecule has 0 heterocycles. The molecule has 0 saturated heterocycles. The van der Waals surface area contributed by atoms with Crippen molar-refractivity contribution in [3.8, 4) is 11.5 Å². The minimum atomic E-state index is -0.660. The Morgan fingerprint density at radius 1 is 1.05 bits per heavy atom. The van der Waals surface area contributed by atoms with Crippen LogP contribution in [0.25, 0.3) is 0 Å². The van der Waals surface area contributed by atoms with E-state index in [0.29, 0.717) is 47.5 Å². The van der Waals surface area contributed by atoms with E-state index in [1.54, 1.807) is 44.2 Å². The maximum atomic E-state index is 16.0. The largest absolute Gasteiger partial charge is 0.488 e. The SMILES string of the molecule is C=CCN(Cc1c(C)c(OCc2ccccc2)c(C(=O)Oc2ccccc2)c(C)c1F)[C@@H](CCl)CC(C)C. The second kappa shape index (κ2) is 14.1. The second-order valence-electron chi connectivity index (χ2n) is 9.88. The maximum absolute atomic E-state index is 16.0. The molecule has 6 heteroatoms. The summed E-state index contributed by atoms with van der Waals surface area (Å²) in [4.78, 5) is 15.5. The lowest BCUT2D eigenvalue weighted by Crippen LogP contribution is -2.38. The number of hydrogen-bond donors (Lipinski definition) is 0. The third-order valence-electron chi connectivity index (χ3n) is 6.54. The molecule has 0 aromatic heterocycles. The maximum Gasteiger partial charge on any atom is 0.347 e. The summed E-state index contributed by atoms with van der Waals surface area (Å²) in [5.74, 6) is 0.453. The van der Waals surface area contributed by atoms with Gasteiger partial charge in [0.2, 0.25) is 0 Å². The number of nitrogens with zero attached hydrogens (tertiary/aromatic N) is 1. The van der Waals surface area contributed by atoms with Gasteiger partial charge in [0.1, 0.15) is 29.5 Å². The molecule has 202 valence electrons. The van der Waals surface area contributed by atoms with E-state index in [1.165, 1.54) is 0 Å². The number of carbonyl (C=O) groups excluding carboxylic acids is 1. The molecule has 0 spiro atoms. The van der Waals surface area contributed by atoms with Crippen LogP contribution in [0.5, 0.6) is 11.5 Å². The number of esters is 1. The van der Waals surface area contributed by atoms with E-state index < -0.39 is 11.8 Å². The summed E-state index contributed by atoms with van der Waals surface area (Å²) in [6.07, 6.45) is 2.67. The van der Waals surface area contributed by atoms with Crippen LogP contribution in [-0.2, 0) is 13.2 Å². The second-order valence-corrected chi connectivity index (χ2v) is 10.2. The summed E-state index contributed by atoms with van der Waals surface area (Å²) in [5.41, 5.74) is 2.26. The molecular formula is C32H37ClFNO3. The van der Waals surface area contributed by atoms with Crippen molar-refractivity contribution in [3.63, 3.8) is 0 Å². The predicted octanol–water partition coefficient (Wildman–Crippen LogP) is 7.88. The Hall–Kier alpha value is -3.15. The normalized spacial score (nSPS) is 12.0. The highest BCUT2D eigenvalue weighted by Gasteiger charge is 2.29. The molecule has 0 radical (unpaired) electrons. The monoisotopic (exact) mass is 537 g/mol. The highest BCUT2D eigenvalue weighted by molar-refractivity contribution is 6.18. The van der Waals surface area contributed by atoms with Gasteiger partial charge in [-0.1, -0.05) is 68.5 Å². The van der Waals surface area contributed by atoms with Crippen LogP contribution in [0.2, 0.25) is 0 Å². The van der Waals surface area contributed by atoms with Gasteiger partial charge >= 0.3 is 5.97 Å². The molecule has 0 N–H and O–H groups in total. The summed E-state index contributed by atoms with van der Waals surface area (Å²) in [6, 6.07) is 18.4. The van der Waals surface area contributed by atoms with Gasteiger partial charge in [-0.25, -0.2) is 9.18 Å². The van der Waals surface area contributed by atoms with Crippen molar-refractivity contribution in [2.75, 3.05) is 12.4 Å². The Labute approximate surface area is 231 Å². The van der Waals surface area contributed by atoms with E-state index in [9.17, 15) is 4.79 Å². The first-order valence-corrected chi connectivity index (χ1v) is 13.5. The van der Waals surface area contributed by atoms with Crippen LogP contribution >= 0.6 is 11.6 Å². The number of ether oxygens (including phenoxy) is 2. The average molecular weight is 538 g/mol. The lowest BCUT2D eigenvalue weighted by molar-refractivity contribution is 0.0727. The van der Waals surface area contributed by atoms with Crippen molar-refractivity contribution < 1.29 is 18.7 Å². The van der Waals surface area contributed by atoms with Gasteiger partial charge in [0, 0.05) is 36.1 Å². The van der Waals surface area contributed by atoms with Gasteiger partial charge in [0.25, 0.3) is 0 Å². The van der Waals surface area contributed by atoms with Crippen LogP contribution < -0.4 is 9.47 Å². The zero-order valence-electron chi connectivity index (χ0n) is 22.7. The smallest absolute Gasteiger partial charge is 0.347 e. The van der Waals surface area contributed by atoms with Crippen molar-refractivity contribution in [2.45, 2.75) is 53.3 Å². The first kappa shape index (κ1) is 29.4. The lowest BCUT2D eigenvalue weighted by Gasteiger charge is -2.32. The minimum absolute atomic E-state index is 0.0465. The van der Waals surface area contributed by atoms with Gasteiger partial charge in [-0.05, 0) is 49.4 Å². The van der Waals surface area contributed by atoms with E-state index in [2.05, 4.69) is 25.3 Å². The lowest BCUT2D eigenvalue weighted by atomic mass is 9.95. The highest BCUT2D eigenvalue weighted by atomic mass is 35.5. The number of para-hydroxylation sites is 1. The topological polar surface area (TPSA) is 38.8 Å². The van der Waals surface area contributed by atoms with Crippen LogP contribution in [0.4, 0.5) is 4.39 Å². The van der Waals surface area contributed by atoms with Crippen LogP contribution in [0, 0.1) is 25.6 Å². The van der Waals surface area contributed by atoms with Crippen molar-refractivity contribution in [2.24, 2.45) is 5.92 Å². The number of benzene rings is 3. The first-order valence-electron chi connectivity index (χ1n) is 12.9. The van der Waals surface area contributed by atoms with E-state index in [0.717, 1.165) is 12.0 Å². The number of alkyl halides is 1. The average Bonchev–Trinajstić information content (AvgIpc) is 2.91. The molecule has 0 amide bonds. The predicted molar refractivity (Wildman–Crippen MR) is 153 cm³/mol. The Morgan fingerprint density at radius 3 is 2.26 bits per heavy atom. The summed E-state index contributed by atoms with van der Waals surface area (Å²) in [5, 5.41) is 0. The summed E-state index contributed by atoms with van der Waals surface area (Å²) < 4.78 is 27.9. The van der Waals surface area contributed by atoms with Crippen molar-refractivity contribution in [1.29, 1.82) is 0 Å². The molecule has 0 unspecified atom stereocenters. The Morgan fingerprint density at radius 2 is 1.68 bits per heavy atom. The van der Waals surface area contributed by atoms with Gasteiger partial charge in [-0.3, -0.25) is 4.90 Å².